The normalized spacial score (nSPS) is 11.9. The minimum atomic E-state index is -0.624. The van der Waals surface area contributed by atoms with E-state index in [0.29, 0.717) is 42.8 Å². The number of ether oxygens (including phenoxy) is 3. The van der Waals surface area contributed by atoms with Crippen LogP contribution >= 0.6 is 24.0 Å². The topological polar surface area (TPSA) is 84.3 Å². The molecule has 0 saturated carbocycles. The van der Waals surface area contributed by atoms with Crippen molar-refractivity contribution in [1.29, 1.82) is 0 Å². The molecule has 0 aliphatic heterocycles. The van der Waals surface area contributed by atoms with Crippen molar-refractivity contribution in [3.05, 3.63) is 53.1 Å². The predicted molar refractivity (Wildman–Crippen MR) is 130 cm³/mol. The van der Waals surface area contributed by atoms with Crippen LogP contribution in [0.2, 0.25) is 0 Å². The number of hydrogen-bond acceptors (Lipinski definition) is 5. The maximum atomic E-state index is 10.4. The van der Waals surface area contributed by atoms with Gasteiger partial charge in [0.1, 0.15) is 0 Å². The van der Waals surface area contributed by atoms with Gasteiger partial charge in [-0.15, -0.1) is 24.0 Å². The number of guanidine groups is 1. The molecule has 2 aromatic carbocycles. The summed E-state index contributed by atoms with van der Waals surface area (Å²) in [5, 5.41) is 16.8. The molecule has 0 fully saturated rings. The van der Waals surface area contributed by atoms with Crippen molar-refractivity contribution < 1.29 is 19.3 Å². The van der Waals surface area contributed by atoms with Gasteiger partial charge in [0.05, 0.1) is 34.0 Å². The zero-order chi connectivity index (χ0) is 21.2. The van der Waals surface area contributed by atoms with Crippen LogP contribution in [-0.4, -0.2) is 45.5 Å². The first-order valence-corrected chi connectivity index (χ1v) is 9.58. The Bertz CT molecular complexity index is 788. The molecule has 0 saturated heterocycles. The highest BCUT2D eigenvalue weighted by Gasteiger charge is 2.13. The molecule has 2 aromatic rings. The third-order valence-electron chi connectivity index (χ3n) is 4.41. The summed E-state index contributed by atoms with van der Waals surface area (Å²) in [5.74, 6) is 2.34. The van der Waals surface area contributed by atoms with Crippen LogP contribution in [0.5, 0.6) is 17.2 Å². The molecule has 0 amide bonds. The number of rotatable bonds is 9. The number of methoxy groups -OCH3 is 3. The summed E-state index contributed by atoms with van der Waals surface area (Å²) in [7, 11) is 4.75. The van der Waals surface area contributed by atoms with Crippen molar-refractivity contribution in [2.24, 2.45) is 4.99 Å². The van der Waals surface area contributed by atoms with Crippen molar-refractivity contribution in [1.82, 2.24) is 10.6 Å². The molecule has 0 aliphatic rings. The van der Waals surface area contributed by atoms with Gasteiger partial charge in [0, 0.05) is 13.1 Å². The minimum Gasteiger partial charge on any atom is -0.493 e. The Labute approximate surface area is 195 Å². The first-order chi connectivity index (χ1) is 14.0. The molecule has 0 aliphatic carbocycles. The number of aryl methyl sites for hydroxylation is 1. The fourth-order valence-electron chi connectivity index (χ4n) is 2.84. The van der Waals surface area contributed by atoms with Gasteiger partial charge in [-0.2, -0.15) is 0 Å². The quantitative estimate of drug-likeness (QED) is 0.262. The highest BCUT2D eigenvalue weighted by molar-refractivity contribution is 14.0. The van der Waals surface area contributed by atoms with Crippen molar-refractivity contribution in [2.45, 2.75) is 26.5 Å². The SMILES string of the molecule is CCNC(=NCc1cc(OC)c(OC)c(OC)c1)NCC(O)c1ccc(C)cc1.I. The second-order valence-corrected chi connectivity index (χ2v) is 6.54. The highest BCUT2D eigenvalue weighted by atomic mass is 127. The fraction of sp³-hybridized carbons (Fsp3) is 0.409. The van der Waals surface area contributed by atoms with E-state index in [2.05, 4.69) is 15.6 Å². The lowest BCUT2D eigenvalue weighted by Crippen LogP contribution is -2.39. The maximum Gasteiger partial charge on any atom is 0.203 e. The maximum absolute atomic E-state index is 10.4. The molecule has 0 spiro atoms. The molecule has 8 heteroatoms. The van der Waals surface area contributed by atoms with Crippen molar-refractivity contribution >= 4 is 29.9 Å². The molecular weight excluding hydrogens is 497 g/mol. The largest absolute Gasteiger partial charge is 0.493 e. The highest BCUT2D eigenvalue weighted by Crippen LogP contribution is 2.38. The van der Waals surface area contributed by atoms with Crippen molar-refractivity contribution in [3.8, 4) is 17.2 Å². The van der Waals surface area contributed by atoms with E-state index in [4.69, 9.17) is 14.2 Å². The molecule has 30 heavy (non-hydrogen) atoms. The molecule has 3 N–H and O–H groups in total. The first-order valence-electron chi connectivity index (χ1n) is 9.58. The van der Waals surface area contributed by atoms with E-state index in [1.54, 1.807) is 21.3 Å². The van der Waals surface area contributed by atoms with Gasteiger partial charge < -0.3 is 30.0 Å². The summed E-state index contributed by atoms with van der Waals surface area (Å²) in [6, 6.07) is 11.6. The summed E-state index contributed by atoms with van der Waals surface area (Å²) in [5.41, 5.74) is 2.94. The number of benzene rings is 2. The molecular formula is C22H32IN3O4. The second kappa shape index (κ2) is 13.2. The molecule has 0 heterocycles. The van der Waals surface area contributed by atoms with E-state index >= 15 is 0 Å². The van der Waals surface area contributed by atoms with Gasteiger partial charge in [0.25, 0.3) is 0 Å². The van der Waals surface area contributed by atoms with Crippen LogP contribution in [0.25, 0.3) is 0 Å². The molecule has 0 radical (unpaired) electrons. The summed E-state index contributed by atoms with van der Waals surface area (Å²) in [6.45, 7) is 5.49. The van der Waals surface area contributed by atoms with Crippen LogP contribution in [0.4, 0.5) is 0 Å². The van der Waals surface area contributed by atoms with E-state index < -0.39 is 6.10 Å². The Kier molecular flexibility index (Phi) is 11.3. The summed E-state index contributed by atoms with van der Waals surface area (Å²) in [6.07, 6.45) is -0.624. The number of aliphatic hydroxyl groups excluding tert-OH is 1. The lowest BCUT2D eigenvalue weighted by atomic mass is 10.1. The number of aliphatic imine (C=N–C) groups is 1. The average molecular weight is 529 g/mol. The van der Waals surface area contributed by atoms with Crippen LogP contribution in [0.1, 0.15) is 29.7 Å². The van der Waals surface area contributed by atoms with Gasteiger partial charge >= 0.3 is 0 Å². The minimum absolute atomic E-state index is 0. The van der Waals surface area contributed by atoms with E-state index in [1.165, 1.54) is 0 Å². The number of aliphatic hydroxyl groups is 1. The lowest BCUT2D eigenvalue weighted by Gasteiger charge is -2.16. The van der Waals surface area contributed by atoms with Gasteiger partial charge in [-0.05, 0) is 37.1 Å². The van der Waals surface area contributed by atoms with Crippen LogP contribution < -0.4 is 24.8 Å². The van der Waals surface area contributed by atoms with Crippen LogP contribution in [0, 0.1) is 6.92 Å². The molecule has 1 atom stereocenters. The van der Waals surface area contributed by atoms with Crippen molar-refractivity contribution in [2.75, 3.05) is 34.4 Å². The Morgan fingerprint density at radius 2 is 1.60 bits per heavy atom. The Balaban J connectivity index is 0.00000450. The number of nitrogens with one attached hydrogen (secondary N) is 2. The Morgan fingerprint density at radius 3 is 2.10 bits per heavy atom. The zero-order valence-electron chi connectivity index (χ0n) is 18.2. The predicted octanol–water partition coefficient (Wildman–Crippen LogP) is 3.43. The summed E-state index contributed by atoms with van der Waals surface area (Å²) in [4.78, 5) is 4.60. The molecule has 2 rings (SSSR count). The second-order valence-electron chi connectivity index (χ2n) is 6.54. The van der Waals surface area contributed by atoms with Crippen molar-refractivity contribution in [3.63, 3.8) is 0 Å². The zero-order valence-corrected chi connectivity index (χ0v) is 20.5. The Hall–Kier alpha value is -2.20. The molecule has 7 nitrogen and oxygen atoms in total. The van der Waals surface area contributed by atoms with Crippen LogP contribution in [0.3, 0.4) is 0 Å². The molecule has 166 valence electrons. The van der Waals surface area contributed by atoms with E-state index in [0.717, 1.165) is 16.7 Å². The van der Waals surface area contributed by atoms with Gasteiger partial charge in [0.2, 0.25) is 5.75 Å². The van der Waals surface area contributed by atoms with Gasteiger partial charge in [-0.1, -0.05) is 29.8 Å². The number of halogens is 1. The first kappa shape index (κ1) is 25.8. The molecule has 1 unspecified atom stereocenters. The van der Waals surface area contributed by atoms with Crippen LogP contribution in [0.15, 0.2) is 41.4 Å². The lowest BCUT2D eigenvalue weighted by molar-refractivity contribution is 0.181. The average Bonchev–Trinajstić information content (AvgIpc) is 2.74. The van der Waals surface area contributed by atoms with E-state index in [9.17, 15) is 5.11 Å². The smallest absolute Gasteiger partial charge is 0.203 e. The van der Waals surface area contributed by atoms with E-state index in [-0.39, 0.29) is 24.0 Å². The summed E-state index contributed by atoms with van der Waals surface area (Å²) < 4.78 is 16.1. The third kappa shape index (κ3) is 7.24. The summed E-state index contributed by atoms with van der Waals surface area (Å²) >= 11 is 0. The van der Waals surface area contributed by atoms with Gasteiger partial charge in [-0.25, -0.2) is 4.99 Å². The monoisotopic (exact) mass is 529 g/mol. The number of hydrogen-bond donors (Lipinski definition) is 3. The van der Waals surface area contributed by atoms with Gasteiger partial charge in [0.15, 0.2) is 17.5 Å². The standard InChI is InChI=1S/C22H31N3O4.HI/c1-6-23-22(25-14-18(26)17-9-7-15(2)8-10-17)24-13-16-11-19(27-3)21(29-5)20(12-16)28-4;/h7-12,18,26H,6,13-14H2,1-5H3,(H2,23,24,25);1H. The number of nitrogens with zero attached hydrogens (tertiary/aromatic N) is 1. The van der Waals surface area contributed by atoms with Gasteiger partial charge in [-0.3, -0.25) is 0 Å². The molecule has 0 aromatic heterocycles. The molecule has 0 bridgehead atoms. The van der Waals surface area contributed by atoms with Crippen LogP contribution in [-0.2, 0) is 6.54 Å². The Morgan fingerprint density at radius 1 is 1.00 bits per heavy atom. The third-order valence-corrected chi connectivity index (χ3v) is 4.41. The fourth-order valence-corrected chi connectivity index (χ4v) is 2.84. The van der Waals surface area contributed by atoms with E-state index in [1.807, 2.05) is 50.2 Å².